The molecule has 4 unspecified atom stereocenters. The van der Waals surface area contributed by atoms with Gasteiger partial charge in [0.1, 0.15) is 12.2 Å². The van der Waals surface area contributed by atoms with Crippen LogP contribution in [0.25, 0.3) is 0 Å². The number of ether oxygens (including phenoxy) is 2. The standard InChI is InChI=1S/C24H36N2O6/c1-21(2,3)23(15-25)13-9-7-11-17(23)29-19(27)31-32-20(28)30-18-12-8-10-14-24(18,16-26)22(4,5)6/h17-18H,7-14H2,1-6H3. The molecule has 2 rings (SSSR count). The molecule has 0 radical (unpaired) electrons. The van der Waals surface area contributed by atoms with Crippen LogP contribution in [0.15, 0.2) is 0 Å². The lowest BCUT2D eigenvalue weighted by molar-refractivity contribution is -0.236. The Kier molecular flexibility index (Phi) is 7.71. The first-order valence-electron chi connectivity index (χ1n) is 11.4. The summed E-state index contributed by atoms with van der Waals surface area (Å²) in [6.45, 7) is 11.7. The normalized spacial score (nSPS) is 30.9. The van der Waals surface area contributed by atoms with Crippen molar-refractivity contribution < 1.29 is 28.8 Å². The van der Waals surface area contributed by atoms with Crippen LogP contribution in [0.1, 0.15) is 92.9 Å². The van der Waals surface area contributed by atoms with Crippen molar-refractivity contribution in [1.82, 2.24) is 0 Å². The van der Waals surface area contributed by atoms with E-state index in [0.717, 1.165) is 25.7 Å². The summed E-state index contributed by atoms with van der Waals surface area (Å²) in [6, 6.07) is 4.73. The third-order valence-electron chi connectivity index (χ3n) is 7.40. The SMILES string of the molecule is CC(C)(C)C1(C#N)CCCCC1OC(=O)OOC(=O)OC1CCCCC1(C#N)C(C)(C)C. The lowest BCUT2D eigenvalue weighted by atomic mass is 9.58. The van der Waals surface area contributed by atoms with Crippen LogP contribution in [0.2, 0.25) is 0 Å². The van der Waals surface area contributed by atoms with Crippen molar-refractivity contribution in [3.63, 3.8) is 0 Å². The van der Waals surface area contributed by atoms with Gasteiger partial charge in [0.05, 0.1) is 23.0 Å². The Morgan fingerprint density at radius 2 is 1.06 bits per heavy atom. The minimum Gasteiger partial charge on any atom is -0.427 e. The first kappa shape index (κ1) is 25.8. The second-order valence-electron chi connectivity index (χ2n) is 11.0. The molecule has 2 fully saturated rings. The van der Waals surface area contributed by atoms with Gasteiger partial charge in [-0.2, -0.15) is 29.9 Å². The van der Waals surface area contributed by atoms with Crippen molar-refractivity contribution in [3.05, 3.63) is 0 Å². The Hall–Kier alpha value is -2.48. The summed E-state index contributed by atoms with van der Waals surface area (Å²) in [6.07, 6.45) is 1.96. The minimum atomic E-state index is -1.19. The Morgan fingerprint density at radius 1 is 0.719 bits per heavy atom. The van der Waals surface area contributed by atoms with Crippen molar-refractivity contribution in [2.24, 2.45) is 21.7 Å². The fourth-order valence-electron chi connectivity index (χ4n) is 5.25. The number of hydrogen-bond acceptors (Lipinski definition) is 8. The van der Waals surface area contributed by atoms with Crippen LogP contribution in [0.5, 0.6) is 0 Å². The fraction of sp³-hybridized carbons (Fsp3) is 0.833. The molecular weight excluding hydrogens is 412 g/mol. The maximum Gasteiger partial charge on any atom is 0.550 e. The first-order valence-corrected chi connectivity index (χ1v) is 11.4. The van der Waals surface area contributed by atoms with Crippen molar-refractivity contribution in [3.8, 4) is 12.1 Å². The predicted molar refractivity (Wildman–Crippen MR) is 115 cm³/mol. The van der Waals surface area contributed by atoms with Gasteiger partial charge in [-0.1, -0.05) is 54.4 Å². The molecular formula is C24H36N2O6. The summed E-state index contributed by atoms with van der Waals surface area (Å²) in [4.78, 5) is 33.6. The monoisotopic (exact) mass is 448 g/mol. The van der Waals surface area contributed by atoms with Gasteiger partial charge < -0.3 is 9.47 Å². The van der Waals surface area contributed by atoms with Crippen LogP contribution in [0, 0.1) is 44.3 Å². The molecule has 0 amide bonds. The van der Waals surface area contributed by atoms with Crippen LogP contribution in [0.4, 0.5) is 9.59 Å². The Bertz CT molecular complexity index is 718. The average Bonchev–Trinajstić information content (AvgIpc) is 2.71. The van der Waals surface area contributed by atoms with Gasteiger partial charge in [-0.3, -0.25) is 0 Å². The molecule has 0 bridgehead atoms. The number of nitriles is 2. The van der Waals surface area contributed by atoms with Gasteiger partial charge in [-0.25, -0.2) is 0 Å². The highest BCUT2D eigenvalue weighted by Gasteiger charge is 2.53. The fourth-order valence-corrected chi connectivity index (χ4v) is 5.25. The van der Waals surface area contributed by atoms with Crippen LogP contribution in [-0.2, 0) is 19.2 Å². The van der Waals surface area contributed by atoms with Crippen LogP contribution < -0.4 is 0 Å². The number of hydrogen-bond donors (Lipinski definition) is 0. The minimum absolute atomic E-state index is 0.415. The van der Waals surface area contributed by atoms with E-state index < -0.39 is 46.2 Å². The van der Waals surface area contributed by atoms with Gasteiger partial charge in [0, 0.05) is 0 Å². The number of rotatable bonds is 2. The van der Waals surface area contributed by atoms with Gasteiger partial charge in [-0.15, -0.1) is 0 Å². The zero-order valence-electron chi connectivity index (χ0n) is 20.2. The Morgan fingerprint density at radius 3 is 1.34 bits per heavy atom. The molecule has 8 heteroatoms. The topological polar surface area (TPSA) is 119 Å². The smallest absolute Gasteiger partial charge is 0.427 e. The van der Waals surface area contributed by atoms with Crippen LogP contribution in [0.3, 0.4) is 0 Å². The molecule has 0 spiro atoms. The predicted octanol–water partition coefficient (Wildman–Crippen LogP) is 6.21. The molecule has 0 aromatic heterocycles. The zero-order valence-corrected chi connectivity index (χ0v) is 20.2. The Balaban J connectivity index is 1.99. The maximum absolute atomic E-state index is 12.2. The highest BCUT2D eigenvalue weighted by molar-refractivity contribution is 5.64. The molecule has 2 aliphatic carbocycles. The molecule has 2 aliphatic rings. The van der Waals surface area contributed by atoms with E-state index in [1.807, 2.05) is 41.5 Å². The first-order chi connectivity index (χ1) is 14.8. The van der Waals surface area contributed by atoms with E-state index in [1.54, 1.807) is 0 Å². The summed E-state index contributed by atoms with van der Waals surface area (Å²) in [7, 11) is 0. The van der Waals surface area contributed by atoms with Gasteiger partial charge in [0.15, 0.2) is 0 Å². The summed E-state index contributed by atoms with van der Waals surface area (Å²) in [5.41, 5.74) is -2.54. The van der Waals surface area contributed by atoms with E-state index in [0.29, 0.717) is 25.7 Å². The van der Waals surface area contributed by atoms with E-state index in [-0.39, 0.29) is 0 Å². The molecule has 0 saturated heterocycles. The number of carbonyl (C=O) groups excluding carboxylic acids is 2. The van der Waals surface area contributed by atoms with Crippen molar-refractivity contribution in [1.29, 1.82) is 10.5 Å². The molecule has 0 heterocycles. The van der Waals surface area contributed by atoms with Crippen molar-refractivity contribution in [2.45, 2.75) is 105 Å². The van der Waals surface area contributed by atoms with Gasteiger partial charge in [-0.05, 0) is 49.4 Å². The highest BCUT2D eigenvalue weighted by Crippen LogP contribution is 2.51. The van der Waals surface area contributed by atoms with Gasteiger partial charge in [0.25, 0.3) is 0 Å². The summed E-state index contributed by atoms with van der Waals surface area (Å²) < 4.78 is 10.8. The zero-order chi connectivity index (χ0) is 24.2. The van der Waals surface area contributed by atoms with Crippen LogP contribution in [-0.4, -0.2) is 24.5 Å². The van der Waals surface area contributed by atoms with Crippen LogP contribution >= 0.6 is 0 Å². The largest absolute Gasteiger partial charge is 0.550 e. The molecule has 0 aliphatic heterocycles. The second-order valence-corrected chi connectivity index (χ2v) is 11.0. The average molecular weight is 449 g/mol. The maximum atomic E-state index is 12.2. The third kappa shape index (κ3) is 4.95. The summed E-state index contributed by atoms with van der Waals surface area (Å²) >= 11 is 0. The third-order valence-corrected chi connectivity index (χ3v) is 7.40. The van der Waals surface area contributed by atoms with E-state index in [9.17, 15) is 20.1 Å². The quantitative estimate of drug-likeness (QED) is 0.278. The Labute approximate surface area is 191 Å². The summed E-state index contributed by atoms with van der Waals surface area (Å²) in [5, 5.41) is 19.8. The van der Waals surface area contributed by atoms with E-state index in [2.05, 4.69) is 21.9 Å². The lowest BCUT2D eigenvalue weighted by Crippen LogP contribution is -2.49. The lowest BCUT2D eigenvalue weighted by Gasteiger charge is -2.46. The molecule has 2 saturated carbocycles. The molecule has 0 aromatic rings. The van der Waals surface area contributed by atoms with Crippen molar-refractivity contribution in [2.75, 3.05) is 0 Å². The number of carbonyl (C=O) groups is 2. The molecule has 0 aromatic carbocycles. The highest BCUT2D eigenvalue weighted by atomic mass is 17.3. The van der Waals surface area contributed by atoms with E-state index in [4.69, 9.17) is 9.47 Å². The van der Waals surface area contributed by atoms with Crippen molar-refractivity contribution >= 4 is 12.3 Å². The van der Waals surface area contributed by atoms with Gasteiger partial charge in [0.2, 0.25) is 0 Å². The van der Waals surface area contributed by atoms with Gasteiger partial charge >= 0.3 is 12.3 Å². The molecule has 8 nitrogen and oxygen atoms in total. The van der Waals surface area contributed by atoms with E-state index >= 15 is 0 Å². The molecule has 32 heavy (non-hydrogen) atoms. The molecule has 0 N–H and O–H groups in total. The molecule has 178 valence electrons. The van der Waals surface area contributed by atoms with E-state index in [1.165, 1.54) is 0 Å². The second kappa shape index (κ2) is 9.57. The summed E-state index contributed by atoms with van der Waals surface area (Å²) in [5.74, 6) is 0. The molecule has 4 atom stereocenters. The number of nitrogens with zero attached hydrogens (tertiary/aromatic N) is 2.